The van der Waals surface area contributed by atoms with E-state index in [-0.39, 0.29) is 11.9 Å². The molecule has 2 aromatic rings. The minimum Gasteiger partial charge on any atom is -0.465 e. The molecular weight excluding hydrogens is 252 g/mol. The van der Waals surface area contributed by atoms with Gasteiger partial charge in [0.15, 0.2) is 0 Å². The summed E-state index contributed by atoms with van der Waals surface area (Å²) in [7, 11) is 0. The predicted octanol–water partition coefficient (Wildman–Crippen LogP) is 2.09. The van der Waals surface area contributed by atoms with E-state index in [4.69, 9.17) is 4.42 Å². The Morgan fingerprint density at radius 3 is 3.00 bits per heavy atom. The van der Waals surface area contributed by atoms with Crippen molar-refractivity contribution in [1.82, 2.24) is 10.6 Å². The van der Waals surface area contributed by atoms with Crippen LogP contribution in [0.2, 0.25) is 0 Å². The predicted molar refractivity (Wildman–Crippen MR) is 76.2 cm³/mol. The Bertz CT molecular complexity index is 618. The first-order valence-corrected chi connectivity index (χ1v) is 6.88. The summed E-state index contributed by atoms with van der Waals surface area (Å²) in [6.45, 7) is 3.15. The average molecular weight is 270 g/mol. The molecular formula is C16H18N2O2. The van der Waals surface area contributed by atoms with Gasteiger partial charge in [0, 0.05) is 6.54 Å². The quantitative estimate of drug-likeness (QED) is 0.898. The lowest BCUT2D eigenvalue weighted by molar-refractivity contribution is -0.123. The molecule has 1 aromatic heterocycles. The number of benzene rings is 1. The van der Waals surface area contributed by atoms with Crippen LogP contribution in [0.5, 0.6) is 0 Å². The zero-order valence-electron chi connectivity index (χ0n) is 11.5. The van der Waals surface area contributed by atoms with Crippen LogP contribution in [0.1, 0.15) is 28.7 Å². The van der Waals surface area contributed by atoms with Crippen molar-refractivity contribution in [3.63, 3.8) is 0 Å². The molecule has 0 bridgehead atoms. The summed E-state index contributed by atoms with van der Waals surface area (Å²) in [5.74, 6) is 1.63. The van der Waals surface area contributed by atoms with E-state index in [0.29, 0.717) is 6.54 Å². The fourth-order valence-electron chi connectivity index (χ4n) is 2.59. The van der Waals surface area contributed by atoms with E-state index >= 15 is 0 Å². The molecule has 0 saturated carbocycles. The number of fused-ring (bicyclic) bond motifs is 1. The minimum absolute atomic E-state index is 0.00815. The zero-order chi connectivity index (χ0) is 13.9. The second-order valence-electron chi connectivity index (χ2n) is 5.07. The van der Waals surface area contributed by atoms with Gasteiger partial charge in [-0.1, -0.05) is 24.3 Å². The normalized spacial score (nSPS) is 17.6. The van der Waals surface area contributed by atoms with Gasteiger partial charge in [-0.15, -0.1) is 0 Å². The number of carbonyl (C=O) groups excluding carboxylic acids is 1. The van der Waals surface area contributed by atoms with Crippen LogP contribution in [0, 0.1) is 6.92 Å². The minimum atomic E-state index is -0.268. The first kappa shape index (κ1) is 12.9. The maximum Gasteiger partial charge on any atom is 0.242 e. The van der Waals surface area contributed by atoms with Crippen molar-refractivity contribution in [2.45, 2.75) is 25.9 Å². The fourth-order valence-corrected chi connectivity index (χ4v) is 2.59. The van der Waals surface area contributed by atoms with Gasteiger partial charge in [-0.3, -0.25) is 4.79 Å². The molecule has 1 aliphatic heterocycles. The number of hydrogen-bond donors (Lipinski definition) is 2. The van der Waals surface area contributed by atoms with Crippen LogP contribution >= 0.6 is 0 Å². The first-order chi connectivity index (χ1) is 9.74. The van der Waals surface area contributed by atoms with Crippen LogP contribution in [-0.2, 0) is 17.8 Å². The van der Waals surface area contributed by atoms with Crippen molar-refractivity contribution < 1.29 is 9.21 Å². The molecule has 0 aliphatic carbocycles. The van der Waals surface area contributed by atoms with Gasteiger partial charge in [0.2, 0.25) is 5.91 Å². The third kappa shape index (κ3) is 2.60. The Hall–Kier alpha value is -2.07. The molecule has 1 unspecified atom stereocenters. The van der Waals surface area contributed by atoms with Crippen molar-refractivity contribution in [3.05, 3.63) is 59.0 Å². The molecule has 0 spiro atoms. The molecule has 0 fully saturated rings. The van der Waals surface area contributed by atoms with Crippen molar-refractivity contribution in [1.29, 1.82) is 0 Å². The Morgan fingerprint density at radius 1 is 1.35 bits per heavy atom. The van der Waals surface area contributed by atoms with Gasteiger partial charge in [0.25, 0.3) is 0 Å². The largest absolute Gasteiger partial charge is 0.465 e. The molecule has 1 aliphatic rings. The average Bonchev–Trinajstić information content (AvgIpc) is 2.90. The molecule has 0 saturated heterocycles. The third-order valence-electron chi connectivity index (χ3n) is 3.60. The monoisotopic (exact) mass is 270 g/mol. The highest BCUT2D eigenvalue weighted by Crippen LogP contribution is 2.22. The highest BCUT2D eigenvalue weighted by molar-refractivity contribution is 5.83. The van der Waals surface area contributed by atoms with E-state index in [0.717, 1.165) is 30.0 Å². The highest BCUT2D eigenvalue weighted by Gasteiger charge is 2.25. The molecule has 1 atom stereocenters. The van der Waals surface area contributed by atoms with Crippen LogP contribution in [0.15, 0.2) is 40.8 Å². The van der Waals surface area contributed by atoms with Crippen LogP contribution < -0.4 is 10.6 Å². The topological polar surface area (TPSA) is 54.3 Å². The SMILES string of the molecule is Cc1ccc(CNC(=O)C2NCCc3ccccc32)o1. The summed E-state index contributed by atoms with van der Waals surface area (Å²) in [5.41, 5.74) is 2.33. The van der Waals surface area contributed by atoms with Crippen LogP contribution in [0.3, 0.4) is 0 Å². The van der Waals surface area contributed by atoms with Gasteiger partial charge in [0.1, 0.15) is 17.6 Å². The maximum atomic E-state index is 12.3. The molecule has 4 nitrogen and oxygen atoms in total. The molecule has 3 rings (SSSR count). The number of hydrogen-bond acceptors (Lipinski definition) is 3. The van der Waals surface area contributed by atoms with E-state index in [2.05, 4.69) is 16.7 Å². The second-order valence-corrected chi connectivity index (χ2v) is 5.07. The van der Waals surface area contributed by atoms with E-state index in [9.17, 15) is 4.79 Å². The van der Waals surface area contributed by atoms with Crippen LogP contribution in [0.25, 0.3) is 0 Å². The van der Waals surface area contributed by atoms with Crippen LogP contribution in [-0.4, -0.2) is 12.5 Å². The van der Waals surface area contributed by atoms with Crippen molar-refractivity contribution in [3.8, 4) is 0 Å². The molecule has 1 aromatic carbocycles. The van der Waals surface area contributed by atoms with Gasteiger partial charge in [0.05, 0.1) is 6.54 Å². The maximum absolute atomic E-state index is 12.3. The van der Waals surface area contributed by atoms with E-state index in [1.54, 1.807) is 0 Å². The number of rotatable bonds is 3. The molecule has 20 heavy (non-hydrogen) atoms. The lowest BCUT2D eigenvalue weighted by Crippen LogP contribution is -2.41. The molecule has 0 radical (unpaired) electrons. The molecule has 104 valence electrons. The molecule has 1 amide bonds. The summed E-state index contributed by atoms with van der Waals surface area (Å²) >= 11 is 0. The Kier molecular flexibility index (Phi) is 3.56. The van der Waals surface area contributed by atoms with Crippen LogP contribution in [0.4, 0.5) is 0 Å². The summed E-state index contributed by atoms with van der Waals surface area (Å²) in [6, 6.07) is 11.6. The lowest BCUT2D eigenvalue weighted by atomic mass is 9.94. The number of furan rings is 1. The summed E-state index contributed by atoms with van der Waals surface area (Å²) in [6.07, 6.45) is 0.970. The smallest absolute Gasteiger partial charge is 0.242 e. The number of carbonyl (C=O) groups is 1. The van der Waals surface area contributed by atoms with Gasteiger partial charge in [-0.25, -0.2) is 0 Å². The van der Waals surface area contributed by atoms with Crippen molar-refractivity contribution in [2.24, 2.45) is 0 Å². The summed E-state index contributed by atoms with van der Waals surface area (Å²) in [5, 5.41) is 6.20. The number of amides is 1. The van der Waals surface area contributed by atoms with E-state index < -0.39 is 0 Å². The lowest BCUT2D eigenvalue weighted by Gasteiger charge is -2.25. The van der Waals surface area contributed by atoms with Crippen molar-refractivity contribution >= 4 is 5.91 Å². The molecule has 4 heteroatoms. The molecule has 2 N–H and O–H groups in total. The standard InChI is InChI=1S/C16H18N2O2/c1-11-6-7-13(20-11)10-18-16(19)15-14-5-3-2-4-12(14)8-9-17-15/h2-7,15,17H,8-10H2,1H3,(H,18,19). The number of nitrogens with one attached hydrogen (secondary N) is 2. The van der Waals surface area contributed by atoms with Gasteiger partial charge >= 0.3 is 0 Å². The Morgan fingerprint density at radius 2 is 2.20 bits per heavy atom. The summed E-state index contributed by atoms with van der Waals surface area (Å²) in [4.78, 5) is 12.3. The van der Waals surface area contributed by atoms with Gasteiger partial charge in [-0.2, -0.15) is 0 Å². The van der Waals surface area contributed by atoms with Gasteiger partial charge < -0.3 is 15.1 Å². The fraction of sp³-hybridized carbons (Fsp3) is 0.312. The Labute approximate surface area is 118 Å². The highest BCUT2D eigenvalue weighted by atomic mass is 16.3. The number of aryl methyl sites for hydroxylation is 1. The second kappa shape index (κ2) is 5.51. The third-order valence-corrected chi connectivity index (χ3v) is 3.60. The van der Waals surface area contributed by atoms with Crippen molar-refractivity contribution in [2.75, 3.05) is 6.54 Å². The Balaban J connectivity index is 1.69. The van der Waals surface area contributed by atoms with E-state index in [1.165, 1.54) is 5.56 Å². The van der Waals surface area contributed by atoms with Gasteiger partial charge in [-0.05, 0) is 36.6 Å². The molecule has 2 heterocycles. The van der Waals surface area contributed by atoms with E-state index in [1.807, 2.05) is 37.3 Å². The zero-order valence-corrected chi connectivity index (χ0v) is 11.5. The first-order valence-electron chi connectivity index (χ1n) is 6.88. The summed E-state index contributed by atoms with van der Waals surface area (Å²) < 4.78 is 5.46.